The fourth-order valence-corrected chi connectivity index (χ4v) is 1.75. The summed E-state index contributed by atoms with van der Waals surface area (Å²) in [5, 5.41) is 0. The molecule has 0 aromatic heterocycles. The van der Waals surface area contributed by atoms with E-state index in [9.17, 15) is 9.59 Å². The minimum Gasteiger partial charge on any atom is -0.344 e. The van der Waals surface area contributed by atoms with E-state index in [0.717, 1.165) is 6.42 Å². The molecular formula is C15H23NO2. The van der Waals surface area contributed by atoms with E-state index in [-0.39, 0.29) is 17.7 Å². The number of hydrogen-bond acceptors (Lipinski definition) is 3. The van der Waals surface area contributed by atoms with Crippen molar-refractivity contribution in [1.29, 1.82) is 0 Å². The zero-order valence-electron chi connectivity index (χ0n) is 11.5. The minimum absolute atomic E-state index is 0. The molecule has 0 radical (unpaired) electrons. The molecule has 100 valence electrons. The molecule has 3 heteroatoms. The van der Waals surface area contributed by atoms with Crippen molar-refractivity contribution in [3.63, 3.8) is 0 Å². The maximum Gasteiger partial charge on any atom is 0.203 e. The molecule has 18 heavy (non-hydrogen) atoms. The first kappa shape index (κ1) is 16.5. The van der Waals surface area contributed by atoms with Gasteiger partial charge in [0.25, 0.3) is 0 Å². The average molecular weight is 249 g/mol. The van der Waals surface area contributed by atoms with Gasteiger partial charge in [-0.1, -0.05) is 51.1 Å². The van der Waals surface area contributed by atoms with Gasteiger partial charge in [-0.3, -0.25) is 9.59 Å². The molecule has 0 unspecified atom stereocenters. The molecule has 3 N–H and O–H groups in total. The molecule has 0 bridgehead atoms. The Balaban J connectivity index is 0.00000289. The van der Waals surface area contributed by atoms with Crippen LogP contribution in [0.3, 0.4) is 0 Å². The summed E-state index contributed by atoms with van der Waals surface area (Å²) >= 11 is 0. The van der Waals surface area contributed by atoms with Gasteiger partial charge in [0.1, 0.15) is 0 Å². The van der Waals surface area contributed by atoms with Crippen LogP contribution in [-0.4, -0.2) is 11.6 Å². The van der Waals surface area contributed by atoms with Gasteiger partial charge in [-0.2, -0.15) is 0 Å². The molecule has 0 atom stereocenters. The van der Waals surface area contributed by atoms with Crippen molar-refractivity contribution < 1.29 is 9.59 Å². The van der Waals surface area contributed by atoms with Gasteiger partial charge in [-0.25, -0.2) is 0 Å². The topological polar surface area (TPSA) is 69.1 Å². The standard InChI is InChI=1S/C15H20O2.H3N/c1-4-13(16)14(17)15(2,3)11-10-12-8-6-5-7-9-12;/h5-9H,4,10-11H2,1-3H3;1H3. The number of rotatable bonds is 6. The van der Waals surface area contributed by atoms with Crippen LogP contribution in [0.5, 0.6) is 0 Å². The Hall–Kier alpha value is -1.48. The lowest BCUT2D eigenvalue weighted by Gasteiger charge is -2.21. The van der Waals surface area contributed by atoms with Gasteiger partial charge in [-0.15, -0.1) is 0 Å². The van der Waals surface area contributed by atoms with Gasteiger partial charge in [0, 0.05) is 11.8 Å². The van der Waals surface area contributed by atoms with Crippen LogP contribution in [0.2, 0.25) is 0 Å². The van der Waals surface area contributed by atoms with E-state index in [1.165, 1.54) is 5.56 Å². The Bertz CT molecular complexity index is 396. The van der Waals surface area contributed by atoms with Crippen molar-refractivity contribution >= 4 is 11.6 Å². The lowest BCUT2D eigenvalue weighted by Crippen LogP contribution is -2.31. The molecular weight excluding hydrogens is 226 g/mol. The Kier molecular flexibility index (Phi) is 6.48. The van der Waals surface area contributed by atoms with Crippen molar-refractivity contribution in [3.8, 4) is 0 Å². The van der Waals surface area contributed by atoms with Crippen LogP contribution >= 0.6 is 0 Å². The van der Waals surface area contributed by atoms with Gasteiger partial charge in [0.05, 0.1) is 0 Å². The number of carbonyl (C=O) groups excluding carboxylic acids is 2. The molecule has 0 heterocycles. The van der Waals surface area contributed by atoms with Crippen molar-refractivity contribution in [2.75, 3.05) is 0 Å². The first-order valence-electron chi connectivity index (χ1n) is 6.09. The van der Waals surface area contributed by atoms with Crippen LogP contribution in [0, 0.1) is 5.41 Å². The molecule has 0 aliphatic heterocycles. The summed E-state index contributed by atoms with van der Waals surface area (Å²) in [5.74, 6) is -0.501. The highest BCUT2D eigenvalue weighted by molar-refractivity contribution is 6.38. The lowest BCUT2D eigenvalue weighted by molar-refractivity contribution is -0.141. The van der Waals surface area contributed by atoms with Crippen molar-refractivity contribution in [3.05, 3.63) is 35.9 Å². The zero-order chi connectivity index (χ0) is 12.9. The largest absolute Gasteiger partial charge is 0.344 e. The molecule has 0 aliphatic rings. The Morgan fingerprint density at radius 3 is 2.17 bits per heavy atom. The van der Waals surface area contributed by atoms with Gasteiger partial charge >= 0.3 is 0 Å². The number of benzene rings is 1. The highest BCUT2D eigenvalue weighted by Crippen LogP contribution is 2.25. The van der Waals surface area contributed by atoms with Crippen molar-refractivity contribution in [2.24, 2.45) is 5.41 Å². The first-order valence-corrected chi connectivity index (χ1v) is 6.09. The molecule has 0 amide bonds. The molecule has 1 aromatic rings. The SMILES string of the molecule is CCC(=O)C(=O)C(C)(C)CCc1ccccc1.N. The molecule has 1 aromatic carbocycles. The molecule has 0 saturated heterocycles. The molecule has 0 fully saturated rings. The van der Waals surface area contributed by atoms with Crippen LogP contribution in [0.1, 0.15) is 39.2 Å². The predicted molar refractivity (Wildman–Crippen MR) is 73.9 cm³/mol. The Labute approximate surface area is 109 Å². The number of aryl methyl sites for hydroxylation is 1. The van der Waals surface area contributed by atoms with Gasteiger partial charge < -0.3 is 6.15 Å². The average Bonchev–Trinajstić information content (AvgIpc) is 2.36. The maximum atomic E-state index is 11.9. The summed E-state index contributed by atoms with van der Waals surface area (Å²) in [4.78, 5) is 23.3. The first-order chi connectivity index (χ1) is 7.97. The Morgan fingerprint density at radius 2 is 1.67 bits per heavy atom. The zero-order valence-corrected chi connectivity index (χ0v) is 11.5. The molecule has 0 aliphatic carbocycles. The fourth-order valence-electron chi connectivity index (χ4n) is 1.75. The maximum absolute atomic E-state index is 11.9. The minimum atomic E-state index is -0.553. The highest BCUT2D eigenvalue weighted by Gasteiger charge is 2.31. The third-order valence-electron chi connectivity index (χ3n) is 3.07. The second-order valence-corrected chi connectivity index (χ2v) is 4.98. The van der Waals surface area contributed by atoms with Crippen LogP contribution < -0.4 is 6.15 Å². The van der Waals surface area contributed by atoms with E-state index in [1.807, 2.05) is 44.2 Å². The third-order valence-corrected chi connectivity index (χ3v) is 3.07. The quantitative estimate of drug-likeness (QED) is 0.786. The summed E-state index contributed by atoms with van der Waals surface area (Å²) in [7, 11) is 0. The molecule has 1 rings (SSSR count). The molecule has 0 saturated carbocycles. The van der Waals surface area contributed by atoms with Gasteiger partial charge in [0.15, 0.2) is 5.78 Å². The number of carbonyl (C=O) groups is 2. The van der Waals surface area contributed by atoms with E-state index in [2.05, 4.69) is 0 Å². The van der Waals surface area contributed by atoms with E-state index in [1.54, 1.807) is 6.92 Å². The van der Waals surface area contributed by atoms with E-state index in [0.29, 0.717) is 12.8 Å². The summed E-state index contributed by atoms with van der Waals surface area (Å²) in [6.45, 7) is 5.44. The summed E-state index contributed by atoms with van der Waals surface area (Å²) in [6, 6.07) is 10.0. The van der Waals surface area contributed by atoms with E-state index in [4.69, 9.17) is 0 Å². The second-order valence-electron chi connectivity index (χ2n) is 4.98. The number of Topliss-reactive ketones (excluding diaryl/α,β-unsaturated/α-hetero) is 2. The summed E-state index contributed by atoms with van der Waals surface area (Å²) < 4.78 is 0. The van der Waals surface area contributed by atoms with Crippen LogP contribution in [-0.2, 0) is 16.0 Å². The summed E-state index contributed by atoms with van der Waals surface area (Å²) in [5.41, 5.74) is 0.653. The number of hydrogen-bond donors (Lipinski definition) is 1. The summed E-state index contributed by atoms with van der Waals surface area (Å²) in [6.07, 6.45) is 1.84. The smallest absolute Gasteiger partial charge is 0.203 e. The highest BCUT2D eigenvalue weighted by atomic mass is 16.2. The lowest BCUT2D eigenvalue weighted by atomic mass is 9.80. The normalized spacial score (nSPS) is 10.6. The van der Waals surface area contributed by atoms with Crippen LogP contribution in [0.15, 0.2) is 30.3 Å². The number of ketones is 2. The van der Waals surface area contributed by atoms with Gasteiger partial charge in [-0.05, 0) is 18.4 Å². The van der Waals surface area contributed by atoms with Crippen LogP contribution in [0.4, 0.5) is 0 Å². The van der Waals surface area contributed by atoms with E-state index >= 15 is 0 Å². The Morgan fingerprint density at radius 1 is 1.11 bits per heavy atom. The molecule has 3 nitrogen and oxygen atoms in total. The fraction of sp³-hybridized carbons (Fsp3) is 0.467. The monoisotopic (exact) mass is 249 g/mol. The van der Waals surface area contributed by atoms with Crippen molar-refractivity contribution in [2.45, 2.75) is 40.0 Å². The molecule has 0 spiro atoms. The van der Waals surface area contributed by atoms with E-state index < -0.39 is 5.41 Å². The van der Waals surface area contributed by atoms with Crippen molar-refractivity contribution in [1.82, 2.24) is 6.15 Å². The second kappa shape index (κ2) is 7.07. The van der Waals surface area contributed by atoms with Crippen LogP contribution in [0.25, 0.3) is 0 Å². The predicted octanol–water partition coefficient (Wildman–Crippen LogP) is 3.36. The third kappa shape index (κ3) is 4.41. The van der Waals surface area contributed by atoms with Gasteiger partial charge in [0.2, 0.25) is 5.78 Å².